The van der Waals surface area contributed by atoms with E-state index in [-0.39, 0.29) is 12.5 Å². The minimum atomic E-state index is -1.56. The van der Waals surface area contributed by atoms with Crippen molar-refractivity contribution in [3.05, 3.63) is 48.6 Å². The van der Waals surface area contributed by atoms with Crippen LogP contribution in [0.5, 0.6) is 0 Å². The van der Waals surface area contributed by atoms with Gasteiger partial charge in [0.2, 0.25) is 5.91 Å². The first kappa shape index (κ1) is 74.2. The van der Waals surface area contributed by atoms with Crippen LogP contribution in [0.4, 0.5) is 0 Å². The Hall–Kier alpha value is -1.85. The van der Waals surface area contributed by atoms with Gasteiger partial charge in [-0.2, -0.15) is 0 Å². The lowest BCUT2D eigenvalue weighted by atomic mass is 9.99. The predicted octanol–water partition coefficient (Wildman–Crippen LogP) is 18.0. The fourth-order valence-corrected chi connectivity index (χ4v) is 10.9. The van der Waals surface area contributed by atoms with Crippen LogP contribution in [0.2, 0.25) is 0 Å². The fourth-order valence-electron chi connectivity index (χ4n) is 10.9. The number of hydrogen-bond acceptors (Lipinski definition) is 8. The van der Waals surface area contributed by atoms with E-state index < -0.39 is 49.5 Å². The van der Waals surface area contributed by atoms with Crippen molar-refractivity contribution >= 4 is 5.91 Å². The third-order valence-corrected chi connectivity index (χ3v) is 16.2. The number of aliphatic hydroxyl groups excluding tert-OH is 5. The van der Waals surface area contributed by atoms with Crippen molar-refractivity contribution in [2.75, 3.05) is 13.2 Å². The van der Waals surface area contributed by atoms with E-state index in [0.29, 0.717) is 12.8 Å². The number of ether oxygens (including phenoxy) is 2. The standard InChI is InChI=1S/C69H129NO8/c1-3-5-7-9-11-13-15-17-19-21-23-25-27-29-30-31-32-33-35-36-38-40-42-44-46-48-50-52-54-56-58-63(72)62(61-77-69-68(76)67(75)66(74)64(60-71)78-69)70-65(73)59-57-55-53-51-49-47-45-43-41-39-37-34-28-26-24-22-20-18-16-14-12-10-8-6-4-2/h6,8,12,14,18,20,24,26,62-64,66-69,71-72,74-76H,3-5,7,9-11,13,15-17,19,21-23,25,27-61H2,1-2H3,(H,70,73)/b8-6-,14-12-,20-18-,26-24-. The molecule has 0 aliphatic carbocycles. The molecule has 1 aliphatic heterocycles. The van der Waals surface area contributed by atoms with Crippen LogP contribution in [-0.2, 0) is 14.3 Å². The summed E-state index contributed by atoms with van der Waals surface area (Å²) in [5.74, 6) is -0.143. The molecule has 1 heterocycles. The number of carbonyl (C=O) groups is 1. The minimum absolute atomic E-state index is 0.138. The molecular weight excluding hydrogens is 971 g/mol. The molecular formula is C69H129NO8. The van der Waals surface area contributed by atoms with Crippen LogP contribution < -0.4 is 5.32 Å². The molecule has 9 nitrogen and oxygen atoms in total. The van der Waals surface area contributed by atoms with E-state index >= 15 is 0 Å². The molecule has 0 spiro atoms. The average Bonchev–Trinajstić information content (AvgIpc) is 3.45. The van der Waals surface area contributed by atoms with Gasteiger partial charge in [0.15, 0.2) is 6.29 Å². The molecule has 0 aromatic carbocycles. The van der Waals surface area contributed by atoms with Crippen LogP contribution in [0.25, 0.3) is 0 Å². The van der Waals surface area contributed by atoms with Crippen molar-refractivity contribution in [3.8, 4) is 0 Å². The highest BCUT2D eigenvalue weighted by atomic mass is 16.7. The summed E-state index contributed by atoms with van der Waals surface area (Å²) in [5.41, 5.74) is 0. The summed E-state index contributed by atoms with van der Waals surface area (Å²) in [6.45, 7) is 3.77. The van der Waals surface area contributed by atoms with Crippen molar-refractivity contribution in [1.82, 2.24) is 5.32 Å². The monoisotopic (exact) mass is 1100 g/mol. The normalized spacial score (nSPS) is 18.9. The van der Waals surface area contributed by atoms with Crippen LogP contribution >= 0.6 is 0 Å². The van der Waals surface area contributed by atoms with Gasteiger partial charge in [-0.25, -0.2) is 0 Å². The summed E-state index contributed by atoms with van der Waals surface area (Å²) >= 11 is 0. The maximum atomic E-state index is 13.1. The van der Waals surface area contributed by atoms with Crippen LogP contribution in [0.15, 0.2) is 48.6 Å². The lowest BCUT2D eigenvalue weighted by Crippen LogP contribution is -2.60. The Bertz CT molecular complexity index is 1370. The molecule has 1 rings (SSSR count). The number of amides is 1. The Morgan fingerprint density at radius 3 is 1.18 bits per heavy atom. The molecule has 1 fully saturated rings. The van der Waals surface area contributed by atoms with Gasteiger partial charge in [0.25, 0.3) is 0 Å². The van der Waals surface area contributed by atoms with Crippen molar-refractivity contribution in [2.24, 2.45) is 0 Å². The van der Waals surface area contributed by atoms with Crippen LogP contribution in [-0.4, -0.2) is 87.5 Å². The third kappa shape index (κ3) is 46.7. The Kier molecular flexibility index (Phi) is 55.5. The highest BCUT2D eigenvalue weighted by molar-refractivity contribution is 5.76. The van der Waals surface area contributed by atoms with E-state index in [2.05, 4.69) is 67.8 Å². The maximum Gasteiger partial charge on any atom is 0.220 e. The second-order valence-electron chi connectivity index (χ2n) is 23.6. The molecule has 0 saturated carbocycles. The van der Waals surface area contributed by atoms with E-state index in [4.69, 9.17) is 9.47 Å². The number of allylic oxidation sites excluding steroid dienone is 8. The van der Waals surface area contributed by atoms with E-state index in [9.17, 15) is 30.3 Å². The van der Waals surface area contributed by atoms with Gasteiger partial charge in [0.1, 0.15) is 24.4 Å². The summed E-state index contributed by atoms with van der Waals surface area (Å²) < 4.78 is 11.4. The molecule has 1 amide bonds. The van der Waals surface area contributed by atoms with Crippen LogP contribution in [0.3, 0.4) is 0 Å². The molecule has 78 heavy (non-hydrogen) atoms. The van der Waals surface area contributed by atoms with Crippen molar-refractivity contribution in [1.29, 1.82) is 0 Å². The second-order valence-corrected chi connectivity index (χ2v) is 23.6. The molecule has 7 atom stereocenters. The van der Waals surface area contributed by atoms with Gasteiger partial charge in [0, 0.05) is 6.42 Å². The van der Waals surface area contributed by atoms with Crippen molar-refractivity contribution < 1.29 is 39.8 Å². The van der Waals surface area contributed by atoms with E-state index in [0.717, 1.165) is 64.2 Å². The summed E-state index contributed by atoms with van der Waals surface area (Å²) in [6, 6.07) is -0.723. The highest BCUT2D eigenvalue weighted by Gasteiger charge is 2.44. The quantitative estimate of drug-likeness (QED) is 0.0261. The van der Waals surface area contributed by atoms with Gasteiger partial charge >= 0.3 is 0 Å². The Morgan fingerprint density at radius 1 is 0.449 bits per heavy atom. The number of unbranched alkanes of at least 4 members (excludes halogenated alkanes) is 41. The largest absolute Gasteiger partial charge is 0.394 e. The van der Waals surface area contributed by atoms with Crippen molar-refractivity contribution in [2.45, 2.75) is 371 Å². The molecule has 0 radical (unpaired) electrons. The first-order chi connectivity index (χ1) is 38.3. The zero-order chi connectivity index (χ0) is 56.5. The van der Waals surface area contributed by atoms with Crippen LogP contribution in [0, 0.1) is 0 Å². The molecule has 6 N–H and O–H groups in total. The highest BCUT2D eigenvalue weighted by Crippen LogP contribution is 2.24. The fraction of sp³-hybridized carbons (Fsp3) is 0.870. The van der Waals surface area contributed by atoms with Gasteiger partial charge in [0.05, 0.1) is 25.4 Å². The topological polar surface area (TPSA) is 149 Å². The summed E-state index contributed by atoms with van der Waals surface area (Å²) in [6.07, 6.45) is 71.7. The number of hydrogen-bond donors (Lipinski definition) is 6. The molecule has 0 aromatic heterocycles. The zero-order valence-electron chi connectivity index (χ0n) is 51.2. The molecule has 9 heteroatoms. The van der Waals surface area contributed by atoms with Gasteiger partial charge in [-0.1, -0.05) is 319 Å². The number of aliphatic hydroxyl groups is 5. The Morgan fingerprint density at radius 2 is 0.795 bits per heavy atom. The lowest BCUT2D eigenvalue weighted by Gasteiger charge is -2.40. The second kappa shape index (κ2) is 58.4. The minimum Gasteiger partial charge on any atom is -0.394 e. The number of carbonyl (C=O) groups excluding carboxylic acids is 1. The van der Waals surface area contributed by atoms with Crippen molar-refractivity contribution in [3.63, 3.8) is 0 Å². The molecule has 458 valence electrons. The molecule has 1 saturated heterocycles. The summed E-state index contributed by atoms with van der Waals surface area (Å²) in [4.78, 5) is 13.1. The lowest BCUT2D eigenvalue weighted by molar-refractivity contribution is -0.302. The summed E-state index contributed by atoms with van der Waals surface area (Å²) in [7, 11) is 0. The predicted molar refractivity (Wildman–Crippen MR) is 332 cm³/mol. The molecule has 0 bridgehead atoms. The van der Waals surface area contributed by atoms with Gasteiger partial charge in [-0.05, 0) is 51.4 Å². The van der Waals surface area contributed by atoms with E-state index in [1.54, 1.807) is 0 Å². The zero-order valence-corrected chi connectivity index (χ0v) is 51.2. The molecule has 1 aliphatic rings. The SMILES string of the molecule is CC/C=C\C/C=C\C/C=C\C/C=C\CCCCCCCCCCCCCCC(=O)NC(COC1OC(CO)C(O)C(O)C1O)C(O)CCCCCCCCCCCCCCCCCCCCCCCCCCCCCCCC. The first-order valence-electron chi connectivity index (χ1n) is 33.8. The average molecular weight is 1100 g/mol. The van der Waals surface area contributed by atoms with Gasteiger partial charge in [-0.3, -0.25) is 4.79 Å². The van der Waals surface area contributed by atoms with Gasteiger partial charge in [-0.15, -0.1) is 0 Å². The maximum absolute atomic E-state index is 13.1. The van der Waals surface area contributed by atoms with Crippen LogP contribution in [0.1, 0.15) is 328 Å². The Balaban J connectivity index is 2.12. The molecule has 0 aromatic rings. The first-order valence-corrected chi connectivity index (χ1v) is 33.8. The van der Waals surface area contributed by atoms with E-state index in [1.807, 2.05) is 0 Å². The van der Waals surface area contributed by atoms with E-state index in [1.165, 1.54) is 238 Å². The van der Waals surface area contributed by atoms with Gasteiger partial charge < -0.3 is 40.3 Å². The molecule has 7 unspecified atom stereocenters. The smallest absolute Gasteiger partial charge is 0.220 e. The Labute approximate surface area is 482 Å². The third-order valence-electron chi connectivity index (χ3n) is 16.2. The summed E-state index contributed by atoms with van der Waals surface area (Å²) in [5, 5.41) is 54.9. The number of rotatable bonds is 59. The number of nitrogens with one attached hydrogen (secondary N) is 1.